The van der Waals surface area contributed by atoms with Gasteiger partial charge in [0.25, 0.3) is 0 Å². The average Bonchev–Trinajstić information content (AvgIpc) is 3.16. The number of H-pyrrole nitrogens is 1. The second kappa shape index (κ2) is 7.34. The molecule has 1 fully saturated rings. The highest BCUT2D eigenvalue weighted by atomic mass is 16.5. The van der Waals surface area contributed by atoms with Gasteiger partial charge in [-0.1, -0.05) is 43.3 Å². The van der Waals surface area contributed by atoms with Crippen LogP contribution in [-0.4, -0.2) is 35.5 Å². The number of esters is 1. The number of carbonyl (C=O) groups excluding carboxylic acids is 1. The van der Waals surface area contributed by atoms with Gasteiger partial charge in [-0.05, 0) is 56.0 Å². The van der Waals surface area contributed by atoms with E-state index in [0.29, 0.717) is 12.2 Å². The van der Waals surface area contributed by atoms with Crippen molar-refractivity contribution in [1.82, 2.24) is 9.88 Å². The first kappa shape index (κ1) is 18.4. The van der Waals surface area contributed by atoms with Crippen LogP contribution in [0.4, 0.5) is 0 Å². The Morgan fingerprint density at radius 1 is 1.14 bits per heavy atom. The van der Waals surface area contributed by atoms with Gasteiger partial charge in [-0.2, -0.15) is 0 Å². The maximum Gasteiger partial charge on any atom is 0.338 e. The van der Waals surface area contributed by atoms with E-state index in [1.807, 2.05) is 30.3 Å². The number of benzene rings is 2. The third-order valence-corrected chi connectivity index (χ3v) is 7.04. The molecule has 1 N–H and O–H groups in total. The molecule has 0 radical (unpaired) electrons. The molecular weight excluding hydrogens is 360 g/mol. The molecule has 1 aromatic heterocycles. The van der Waals surface area contributed by atoms with E-state index in [1.54, 1.807) is 0 Å². The van der Waals surface area contributed by atoms with Crippen LogP contribution in [0, 0.1) is 5.41 Å². The summed E-state index contributed by atoms with van der Waals surface area (Å²) < 4.78 is 5.92. The summed E-state index contributed by atoms with van der Waals surface area (Å²) in [5.74, 6) is -0.219. The summed E-state index contributed by atoms with van der Waals surface area (Å²) in [6.45, 7) is 4.91. The number of carbonyl (C=O) groups is 1. The van der Waals surface area contributed by atoms with Crippen molar-refractivity contribution in [3.8, 4) is 0 Å². The predicted octanol–water partition coefficient (Wildman–Crippen LogP) is 5.11. The van der Waals surface area contributed by atoms with Gasteiger partial charge in [0.15, 0.2) is 0 Å². The lowest BCUT2D eigenvalue weighted by Crippen LogP contribution is -2.51. The standard InChI is InChI=1S/C25H28N2O2/c1-2-25(17-29-24(28)18-9-4-3-5-10-18)14-8-15-27-16-13-20-19-11-6-7-12-21(19)26-22(20)23(25)27/h3-7,9-12,23,26H,2,8,13-17H2,1H3/t23-,25-/m0/s1. The maximum absolute atomic E-state index is 12.6. The molecule has 3 aromatic rings. The molecule has 0 aliphatic carbocycles. The topological polar surface area (TPSA) is 45.3 Å². The molecule has 0 saturated carbocycles. The summed E-state index contributed by atoms with van der Waals surface area (Å²) in [7, 11) is 0. The van der Waals surface area contributed by atoms with Gasteiger partial charge in [-0.25, -0.2) is 4.79 Å². The lowest BCUT2D eigenvalue weighted by atomic mass is 9.68. The number of aromatic nitrogens is 1. The summed E-state index contributed by atoms with van der Waals surface area (Å²) in [6.07, 6.45) is 4.31. The minimum atomic E-state index is -0.219. The first-order valence-corrected chi connectivity index (χ1v) is 10.8. The van der Waals surface area contributed by atoms with Crippen LogP contribution in [0.1, 0.15) is 53.8 Å². The third kappa shape index (κ3) is 3.06. The van der Waals surface area contributed by atoms with Crippen LogP contribution in [0.15, 0.2) is 54.6 Å². The van der Waals surface area contributed by atoms with Crippen LogP contribution < -0.4 is 0 Å². The Morgan fingerprint density at radius 2 is 1.93 bits per heavy atom. The van der Waals surface area contributed by atoms with Gasteiger partial charge in [0, 0.05) is 28.6 Å². The zero-order valence-corrected chi connectivity index (χ0v) is 17.0. The van der Waals surface area contributed by atoms with Crippen LogP contribution in [0.5, 0.6) is 0 Å². The maximum atomic E-state index is 12.6. The normalized spacial score (nSPS) is 24.1. The van der Waals surface area contributed by atoms with Crippen molar-refractivity contribution in [2.75, 3.05) is 19.7 Å². The Kier molecular flexibility index (Phi) is 4.67. The fraction of sp³-hybridized carbons (Fsp3) is 0.400. The summed E-state index contributed by atoms with van der Waals surface area (Å²) in [6, 6.07) is 18.2. The molecule has 0 amide bonds. The summed E-state index contributed by atoms with van der Waals surface area (Å²) in [5, 5.41) is 1.35. The van der Waals surface area contributed by atoms with E-state index in [-0.39, 0.29) is 17.4 Å². The number of piperidine rings is 1. The van der Waals surface area contributed by atoms with Crippen molar-refractivity contribution in [2.45, 2.75) is 38.6 Å². The summed E-state index contributed by atoms with van der Waals surface area (Å²) in [4.78, 5) is 19.0. The summed E-state index contributed by atoms with van der Waals surface area (Å²) in [5.41, 5.74) is 4.59. The lowest BCUT2D eigenvalue weighted by molar-refractivity contribution is -0.0484. The van der Waals surface area contributed by atoms with E-state index in [9.17, 15) is 4.79 Å². The molecule has 4 nitrogen and oxygen atoms in total. The van der Waals surface area contributed by atoms with Crippen molar-refractivity contribution in [2.24, 2.45) is 5.41 Å². The predicted molar refractivity (Wildman–Crippen MR) is 115 cm³/mol. The van der Waals surface area contributed by atoms with E-state index in [1.165, 1.54) is 22.2 Å². The number of hydrogen-bond acceptors (Lipinski definition) is 3. The SMILES string of the molecule is CC[C@@]1(COC(=O)c2ccccc2)CCCN2CCc3c([nH]c4ccccc34)[C@H]21. The molecule has 1 saturated heterocycles. The van der Waals surface area contributed by atoms with Gasteiger partial charge in [0.05, 0.1) is 18.2 Å². The Hall–Kier alpha value is -2.59. The van der Waals surface area contributed by atoms with Crippen molar-refractivity contribution in [3.05, 3.63) is 71.4 Å². The smallest absolute Gasteiger partial charge is 0.338 e. The minimum Gasteiger partial charge on any atom is -0.461 e. The number of nitrogens with one attached hydrogen (secondary N) is 1. The van der Waals surface area contributed by atoms with Crippen LogP contribution in [0.2, 0.25) is 0 Å². The Labute approximate surface area is 171 Å². The number of nitrogens with zero attached hydrogens (tertiary/aromatic N) is 1. The number of fused-ring (bicyclic) bond motifs is 5. The van der Waals surface area contributed by atoms with Crippen LogP contribution in [0.25, 0.3) is 10.9 Å². The van der Waals surface area contributed by atoms with Crippen LogP contribution >= 0.6 is 0 Å². The van der Waals surface area contributed by atoms with Gasteiger partial charge in [-0.3, -0.25) is 4.90 Å². The Bertz CT molecular complexity index is 1030. The van der Waals surface area contributed by atoms with Gasteiger partial charge in [-0.15, -0.1) is 0 Å². The summed E-state index contributed by atoms with van der Waals surface area (Å²) >= 11 is 0. The quantitative estimate of drug-likeness (QED) is 0.632. The van der Waals surface area contributed by atoms with Crippen LogP contribution in [-0.2, 0) is 11.2 Å². The molecule has 5 rings (SSSR count). The monoisotopic (exact) mass is 388 g/mol. The highest BCUT2D eigenvalue weighted by Crippen LogP contribution is 2.51. The minimum absolute atomic E-state index is 0.0568. The molecule has 3 heterocycles. The zero-order valence-electron chi connectivity index (χ0n) is 17.0. The number of hydrogen-bond donors (Lipinski definition) is 1. The van der Waals surface area contributed by atoms with Gasteiger partial charge >= 0.3 is 5.97 Å². The van der Waals surface area contributed by atoms with Crippen LogP contribution in [0.3, 0.4) is 0 Å². The van der Waals surface area contributed by atoms with Gasteiger partial charge in [0.1, 0.15) is 0 Å². The molecule has 0 spiro atoms. The molecule has 0 unspecified atom stereocenters. The largest absolute Gasteiger partial charge is 0.461 e. The number of aromatic amines is 1. The molecule has 2 aliphatic heterocycles. The average molecular weight is 389 g/mol. The van der Waals surface area contributed by atoms with Crippen molar-refractivity contribution in [1.29, 1.82) is 0 Å². The highest BCUT2D eigenvalue weighted by Gasteiger charge is 2.48. The molecule has 4 heteroatoms. The fourth-order valence-electron chi connectivity index (χ4n) is 5.49. The zero-order chi connectivity index (χ0) is 19.8. The molecule has 2 aromatic carbocycles. The Balaban J connectivity index is 1.49. The Morgan fingerprint density at radius 3 is 2.76 bits per heavy atom. The van der Waals surface area contributed by atoms with E-state index >= 15 is 0 Å². The van der Waals surface area contributed by atoms with E-state index in [4.69, 9.17) is 4.74 Å². The van der Waals surface area contributed by atoms with E-state index < -0.39 is 0 Å². The fourth-order valence-corrected chi connectivity index (χ4v) is 5.49. The molecule has 150 valence electrons. The highest BCUT2D eigenvalue weighted by molar-refractivity contribution is 5.89. The third-order valence-electron chi connectivity index (χ3n) is 7.04. The van der Waals surface area contributed by atoms with Gasteiger partial charge < -0.3 is 9.72 Å². The van der Waals surface area contributed by atoms with Crippen molar-refractivity contribution in [3.63, 3.8) is 0 Å². The van der Waals surface area contributed by atoms with E-state index in [0.717, 1.165) is 38.8 Å². The molecular formula is C25H28N2O2. The molecule has 0 bridgehead atoms. The van der Waals surface area contributed by atoms with E-state index in [2.05, 4.69) is 41.1 Å². The number of rotatable bonds is 4. The lowest BCUT2D eigenvalue weighted by Gasteiger charge is -2.51. The van der Waals surface area contributed by atoms with Crippen molar-refractivity contribution >= 4 is 16.9 Å². The molecule has 29 heavy (non-hydrogen) atoms. The first-order chi connectivity index (χ1) is 14.2. The number of ether oxygens (including phenoxy) is 1. The number of para-hydroxylation sites is 1. The molecule has 2 aliphatic rings. The first-order valence-electron chi connectivity index (χ1n) is 10.8. The second-order valence-corrected chi connectivity index (χ2v) is 8.51. The van der Waals surface area contributed by atoms with Gasteiger partial charge in [0.2, 0.25) is 0 Å². The second-order valence-electron chi connectivity index (χ2n) is 8.51. The molecule has 2 atom stereocenters. The van der Waals surface area contributed by atoms with Crippen molar-refractivity contribution < 1.29 is 9.53 Å².